The van der Waals surface area contributed by atoms with Gasteiger partial charge in [-0.2, -0.15) is 0 Å². The quantitative estimate of drug-likeness (QED) is 0.208. The second-order valence-electron chi connectivity index (χ2n) is 3.74. The number of azide groups is 1. The molecular formula is C14H11N3O3. The number of rotatable bonds is 5. The summed E-state index contributed by atoms with van der Waals surface area (Å²) < 4.78 is 10.5. The molecular weight excluding hydrogens is 258 g/mol. The van der Waals surface area contributed by atoms with Crippen molar-refractivity contribution in [3.05, 3.63) is 59.5 Å². The van der Waals surface area contributed by atoms with Crippen LogP contribution in [0.5, 0.6) is 11.5 Å². The first-order valence-electron chi connectivity index (χ1n) is 5.76. The van der Waals surface area contributed by atoms with Crippen LogP contribution in [0.3, 0.4) is 0 Å². The van der Waals surface area contributed by atoms with Crippen molar-refractivity contribution in [2.24, 2.45) is 5.11 Å². The fourth-order valence-electron chi connectivity index (χ4n) is 1.73. The molecule has 2 rings (SSSR count). The second-order valence-corrected chi connectivity index (χ2v) is 3.74. The maximum atomic E-state index is 11.3. The highest BCUT2D eigenvalue weighted by Gasteiger charge is 2.09. The van der Waals surface area contributed by atoms with Crippen LogP contribution in [0.15, 0.2) is 54.2 Å². The van der Waals surface area contributed by atoms with E-state index in [4.69, 9.17) is 15.0 Å². The van der Waals surface area contributed by atoms with Crippen LogP contribution in [0.25, 0.3) is 21.2 Å². The largest absolute Gasteiger partial charge is 0.487 e. The van der Waals surface area contributed by atoms with Gasteiger partial charge >= 0.3 is 5.97 Å². The SMILES string of the molecule is C=CC(=O)Oc1ccc(OCN=[N+]=[N-])c2ccccc12. The molecule has 0 saturated carbocycles. The van der Waals surface area contributed by atoms with Gasteiger partial charge in [0.05, 0.1) is 0 Å². The predicted octanol–water partition coefficient (Wildman–Crippen LogP) is 3.58. The van der Waals surface area contributed by atoms with Crippen molar-refractivity contribution in [3.8, 4) is 11.5 Å². The Morgan fingerprint density at radius 2 is 1.90 bits per heavy atom. The van der Waals surface area contributed by atoms with Crippen molar-refractivity contribution in [1.82, 2.24) is 0 Å². The Hall–Kier alpha value is -2.98. The molecule has 0 amide bonds. The van der Waals surface area contributed by atoms with Gasteiger partial charge in [0, 0.05) is 21.8 Å². The summed E-state index contributed by atoms with van der Waals surface area (Å²) in [4.78, 5) is 13.9. The van der Waals surface area contributed by atoms with Gasteiger partial charge < -0.3 is 9.47 Å². The van der Waals surface area contributed by atoms with E-state index in [1.54, 1.807) is 12.1 Å². The van der Waals surface area contributed by atoms with Crippen molar-refractivity contribution in [3.63, 3.8) is 0 Å². The zero-order chi connectivity index (χ0) is 14.4. The third kappa shape index (κ3) is 2.88. The summed E-state index contributed by atoms with van der Waals surface area (Å²) in [5.41, 5.74) is 8.24. The molecule has 0 aromatic heterocycles. The Morgan fingerprint density at radius 3 is 2.55 bits per heavy atom. The molecule has 0 N–H and O–H groups in total. The van der Waals surface area contributed by atoms with Crippen LogP contribution in [0.2, 0.25) is 0 Å². The normalized spacial score (nSPS) is 9.60. The molecule has 2 aromatic rings. The molecule has 6 nitrogen and oxygen atoms in total. The summed E-state index contributed by atoms with van der Waals surface area (Å²) in [7, 11) is 0. The van der Waals surface area contributed by atoms with Gasteiger partial charge in [0.1, 0.15) is 11.5 Å². The van der Waals surface area contributed by atoms with E-state index in [1.807, 2.05) is 24.3 Å². The number of ether oxygens (including phenoxy) is 2. The second kappa shape index (κ2) is 6.26. The van der Waals surface area contributed by atoms with E-state index in [0.717, 1.165) is 16.8 Å². The number of hydrogen-bond acceptors (Lipinski definition) is 4. The van der Waals surface area contributed by atoms with Crippen LogP contribution in [-0.4, -0.2) is 12.7 Å². The Balaban J connectivity index is 2.43. The lowest BCUT2D eigenvalue weighted by Crippen LogP contribution is -2.04. The fourth-order valence-corrected chi connectivity index (χ4v) is 1.73. The van der Waals surface area contributed by atoms with Gasteiger partial charge in [0.15, 0.2) is 6.73 Å². The number of hydrogen-bond donors (Lipinski definition) is 0. The molecule has 0 unspecified atom stereocenters. The first-order chi connectivity index (χ1) is 9.76. The van der Waals surface area contributed by atoms with Crippen molar-refractivity contribution < 1.29 is 14.3 Å². The average Bonchev–Trinajstić information content (AvgIpc) is 2.49. The van der Waals surface area contributed by atoms with E-state index in [-0.39, 0.29) is 6.73 Å². The number of carbonyl (C=O) groups is 1. The lowest BCUT2D eigenvalue weighted by atomic mass is 10.1. The highest BCUT2D eigenvalue weighted by molar-refractivity contribution is 5.95. The topological polar surface area (TPSA) is 84.3 Å². The maximum Gasteiger partial charge on any atom is 0.335 e. The summed E-state index contributed by atoms with van der Waals surface area (Å²) in [6.07, 6.45) is 1.10. The third-order valence-electron chi connectivity index (χ3n) is 2.56. The van der Waals surface area contributed by atoms with E-state index in [1.165, 1.54) is 0 Å². The summed E-state index contributed by atoms with van der Waals surface area (Å²) >= 11 is 0. The van der Waals surface area contributed by atoms with E-state index < -0.39 is 5.97 Å². The van der Waals surface area contributed by atoms with Crippen LogP contribution in [0.1, 0.15) is 0 Å². The lowest BCUT2D eigenvalue weighted by molar-refractivity contribution is -0.128. The monoisotopic (exact) mass is 269 g/mol. The molecule has 0 spiro atoms. The Kier molecular flexibility index (Phi) is 4.21. The van der Waals surface area contributed by atoms with E-state index in [9.17, 15) is 4.79 Å². The van der Waals surface area contributed by atoms with E-state index in [0.29, 0.717) is 11.5 Å². The van der Waals surface area contributed by atoms with Crippen LogP contribution in [0.4, 0.5) is 0 Å². The Morgan fingerprint density at radius 1 is 1.25 bits per heavy atom. The summed E-state index contributed by atoms with van der Waals surface area (Å²) in [6.45, 7) is 3.25. The molecule has 0 radical (unpaired) electrons. The highest BCUT2D eigenvalue weighted by Crippen LogP contribution is 2.33. The van der Waals surface area contributed by atoms with Gasteiger partial charge in [-0.25, -0.2) is 4.79 Å². The van der Waals surface area contributed by atoms with Crippen molar-refractivity contribution in [2.45, 2.75) is 0 Å². The standard InChI is InChI=1S/C14H11N3O3/c1-2-14(18)20-13-8-7-12(19-9-16-17-15)10-5-3-4-6-11(10)13/h2-8H,1,9H2. The van der Waals surface area contributed by atoms with Crippen molar-refractivity contribution in [2.75, 3.05) is 6.73 Å². The Bertz CT molecular complexity index is 706. The zero-order valence-electron chi connectivity index (χ0n) is 10.5. The number of benzene rings is 2. The van der Waals surface area contributed by atoms with Crippen LogP contribution < -0.4 is 9.47 Å². The predicted molar refractivity (Wildman–Crippen MR) is 74.4 cm³/mol. The minimum Gasteiger partial charge on any atom is -0.487 e. The van der Waals surface area contributed by atoms with Gasteiger partial charge in [-0.3, -0.25) is 0 Å². The zero-order valence-corrected chi connectivity index (χ0v) is 10.5. The molecule has 0 aliphatic carbocycles. The van der Waals surface area contributed by atoms with Gasteiger partial charge in [-0.05, 0) is 17.7 Å². The summed E-state index contributed by atoms with van der Waals surface area (Å²) in [6, 6.07) is 10.6. The molecule has 0 fully saturated rings. The van der Waals surface area contributed by atoms with Crippen LogP contribution in [-0.2, 0) is 4.79 Å². The molecule has 0 saturated heterocycles. The molecule has 0 atom stereocenters. The maximum absolute atomic E-state index is 11.3. The molecule has 2 aromatic carbocycles. The van der Waals surface area contributed by atoms with Gasteiger partial charge in [0.25, 0.3) is 0 Å². The molecule has 0 aliphatic rings. The number of fused-ring (bicyclic) bond motifs is 1. The first-order valence-corrected chi connectivity index (χ1v) is 5.76. The minimum atomic E-state index is -0.530. The minimum absolute atomic E-state index is 0.105. The molecule has 0 aliphatic heterocycles. The van der Waals surface area contributed by atoms with E-state index >= 15 is 0 Å². The van der Waals surface area contributed by atoms with Gasteiger partial charge in [-0.15, -0.1) is 0 Å². The smallest absolute Gasteiger partial charge is 0.335 e. The average molecular weight is 269 g/mol. The molecule has 0 heterocycles. The number of nitrogens with zero attached hydrogens (tertiary/aromatic N) is 3. The van der Waals surface area contributed by atoms with Crippen LogP contribution >= 0.6 is 0 Å². The Labute approximate surface area is 114 Å². The van der Waals surface area contributed by atoms with Gasteiger partial charge in [0.2, 0.25) is 0 Å². The summed E-state index contributed by atoms with van der Waals surface area (Å²) in [5.74, 6) is 0.436. The molecule has 6 heteroatoms. The number of carbonyl (C=O) groups excluding carboxylic acids is 1. The molecule has 100 valence electrons. The van der Waals surface area contributed by atoms with E-state index in [2.05, 4.69) is 16.6 Å². The van der Waals surface area contributed by atoms with Crippen molar-refractivity contribution >= 4 is 16.7 Å². The lowest BCUT2D eigenvalue weighted by Gasteiger charge is -2.10. The fraction of sp³-hybridized carbons (Fsp3) is 0.0714. The van der Waals surface area contributed by atoms with Crippen LogP contribution in [0, 0.1) is 0 Å². The highest BCUT2D eigenvalue weighted by atomic mass is 16.5. The van der Waals surface area contributed by atoms with Gasteiger partial charge in [-0.1, -0.05) is 36.0 Å². The third-order valence-corrected chi connectivity index (χ3v) is 2.56. The first kappa shape index (κ1) is 13.5. The summed E-state index contributed by atoms with van der Waals surface area (Å²) in [5, 5.41) is 4.80. The molecule has 20 heavy (non-hydrogen) atoms. The molecule has 0 bridgehead atoms. The van der Waals surface area contributed by atoms with Crippen molar-refractivity contribution in [1.29, 1.82) is 0 Å². The number of esters is 1.